The van der Waals surface area contributed by atoms with E-state index in [0.717, 1.165) is 12.1 Å². The summed E-state index contributed by atoms with van der Waals surface area (Å²) in [4.78, 5) is 0. The van der Waals surface area contributed by atoms with Crippen LogP contribution in [0.5, 0.6) is 0 Å². The van der Waals surface area contributed by atoms with E-state index < -0.39 is 18.0 Å². The Kier molecular flexibility index (Phi) is 3.23. The van der Waals surface area contributed by atoms with Crippen molar-refractivity contribution in [2.45, 2.75) is 12.5 Å². The first-order valence-electron chi connectivity index (χ1n) is 4.58. The van der Waals surface area contributed by atoms with Gasteiger partial charge in [-0.3, -0.25) is 0 Å². The Bertz CT molecular complexity index is 386. The maximum Gasteiger partial charge on any atom is 0.416 e. The van der Waals surface area contributed by atoms with E-state index in [4.69, 9.17) is 9.47 Å². The van der Waals surface area contributed by atoms with Crippen molar-refractivity contribution in [3.8, 4) is 0 Å². The van der Waals surface area contributed by atoms with Gasteiger partial charge in [0.2, 0.25) is 0 Å². The second kappa shape index (κ2) is 4.35. The van der Waals surface area contributed by atoms with Crippen LogP contribution in [0.3, 0.4) is 0 Å². The van der Waals surface area contributed by atoms with Crippen LogP contribution in [0.15, 0.2) is 22.7 Å². The van der Waals surface area contributed by atoms with Crippen molar-refractivity contribution in [2.75, 3.05) is 13.2 Å². The molecule has 0 saturated carbocycles. The molecule has 2 nitrogen and oxygen atoms in total. The molecule has 1 heterocycles. The molecule has 2 rings (SSSR count). The van der Waals surface area contributed by atoms with Crippen molar-refractivity contribution < 1.29 is 22.6 Å². The highest BCUT2D eigenvalue weighted by molar-refractivity contribution is 9.10. The molecule has 1 aliphatic rings. The van der Waals surface area contributed by atoms with E-state index in [0.29, 0.717) is 23.2 Å². The van der Waals surface area contributed by atoms with E-state index in [-0.39, 0.29) is 0 Å². The predicted octanol–water partition coefficient (Wildman–Crippen LogP) is 3.51. The van der Waals surface area contributed by atoms with Crippen LogP contribution in [-0.2, 0) is 15.7 Å². The second-order valence-corrected chi connectivity index (χ2v) is 4.16. The second-order valence-electron chi connectivity index (χ2n) is 3.31. The van der Waals surface area contributed by atoms with E-state index in [2.05, 4.69) is 15.9 Å². The summed E-state index contributed by atoms with van der Waals surface area (Å²) in [5.74, 6) is 0. The molecule has 16 heavy (non-hydrogen) atoms. The van der Waals surface area contributed by atoms with Crippen molar-refractivity contribution in [2.24, 2.45) is 0 Å². The number of benzene rings is 1. The van der Waals surface area contributed by atoms with Gasteiger partial charge in [-0.05, 0) is 12.1 Å². The number of halogens is 4. The Labute approximate surface area is 98.5 Å². The summed E-state index contributed by atoms with van der Waals surface area (Å²) in [6, 6.07) is 3.41. The van der Waals surface area contributed by atoms with Crippen LogP contribution in [-0.4, -0.2) is 13.2 Å². The highest BCUT2D eigenvalue weighted by Crippen LogP contribution is 2.35. The molecule has 0 aliphatic carbocycles. The van der Waals surface area contributed by atoms with E-state index >= 15 is 0 Å². The number of hydrogen-bond acceptors (Lipinski definition) is 2. The molecule has 6 heteroatoms. The molecular formula is C10H8BrF3O2. The normalized spacial score (nSPS) is 18.0. The Balaban J connectivity index is 2.29. The zero-order valence-electron chi connectivity index (χ0n) is 8.05. The highest BCUT2D eigenvalue weighted by atomic mass is 79.9. The first-order valence-corrected chi connectivity index (χ1v) is 5.37. The standard InChI is InChI=1S/C10H8BrF3O2/c11-8-5-6(10(12,13)14)1-2-7(8)9-15-3-4-16-9/h1-2,5,9H,3-4H2. The van der Waals surface area contributed by atoms with Gasteiger partial charge in [-0.15, -0.1) is 0 Å². The molecule has 0 N–H and O–H groups in total. The fourth-order valence-corrected chi connectivity index (χ4v) is 2.00. The van der Waals surface area contributed by atoms with E-state index in [1.165, 1.54) is 6.07 Å². The lowest BCUT2D eigenvalue weighted by Crippen LogP contribution is -2.06. The van der Waals surface area contributed by atoms with Crippen LogP contribution >= 0.6 is 15.9 Å². The lowest BCUT2D eigenvalue weighted by Gasteiger charge is -2.13. The average molecular weight is 297 g/mol. The van der Waals surface area contributed by atoms with Crippen LogP contribution in [0.25, 0.3) is 0 Å². The van der Waals surface area contributed by atoms with Gasteiger partial charge in [-0.25, -0.2) is 0 Å². The lowest BCUT2D eigenvalue weighted by molar-refractivity contribution is -0.137. The quantitative estimate of drug-likeness (QED) is 0.789. The first kappa shape index (κ1) is 11.9. The molecule has 0 unspecified atom stereocenters. The van der Waals surface area contributed by atoms with E-state index in [1.807, 2.05) is 0 Å². The van der Waals surface area contributed by atoms with Gasteiger partial charge in [0.1, 0.15) is 0 Å². The van der Waals surface area contributed by atoms with Crippen LogP contribution in [0, 0.1) is 0 Å². The summed E-state index contributed by atoms with van der Waals surface area (Å²) < 4.78 is 47.9. The van der Waals surface area contributed by atoms with Crippen molar-refractivity contribution in [3.05, 3.63) is 33.8 Å². The number of rotatable bonds is 1. The van der Waals surface area contributed by atoms with Crippen molar-refractivity contribution in [1.82, 2.24) is 0 Å². The summed E-state index contributed by atoms with van der Waals surface area (Å²) in [6.07, 6.45) is -4.91. The molecule has 1 aliphatic heterocycles. The number of ether oxygens (including phenoxy) is 2. The molecule has 0 spiro atoms. The maximum atomic E-state index is 12.4. The van der Waals surface area contributed by atoms with Gasteiger partial charge in [0.15, 0.2) is 6.29 Å². The molecule has 0 bridgehead atoms. The summed E-state index contributed by atoms with van der Waals surface area (Å²) in [5, 5.41) is 0. The Morgan fingerprint density at radius 2 is 1.81 bits per heavy atom. The summed E-state index contributed by atoms with van der Waals surface area (Å²) in [7, 11) is 0. The molecule has 0 aromatic heterocycles. The number of hydrogen-bond donors (Lipinski definition) is 0. The minimum atomic E-state index is -4.33. The Morgan fingerprint density at radius 1 is 1.19 bits per heavy atom. The van der Waals surface area contributed by atoms with Gasteiger partial charge in [-0.1, -0.05) is 22.0 Å². The molecule has 1 aromatic rings. The van der Waals surface area contributed by atoms with E-state index in [1.54, 1.807) is 0 Å². The highest BCUT2D eigenvalue weighted by Gasteiger charge is 2.31. The minimum Gasteiger partial charge on any atom is -0.346 e. The molecule has 1 aromatic carbocycles. The molecule has 1 fully saturated rings. The SMILES string of the molecule is FC(F)(F)c1ccc(C2OCCO2)c(Br)c1. The molecule has 0 radical (unpaired) electrons. The van der Waals surface area contributed by atoms with Crippen molar-refractivity contribution >= 4 is 15.9 Å². The first-order chi connectivity index (χ1) is 7.48. The third-order valence-electron chi connectivity index (χ3n) is 2.20. The minimum absolute atomic E-state index is 0.342. The third-order valence-corrected chi connectivity index (χ3v) is 2.89. The summed E-state index contributed by atoms with van der Waals surface area (Å²) in [5.41, 5.74) is -0.119. The maximum absolute atomic E-state index is 12.4. The van der Waals surface area contributed by atoms with E-state index in [9.17, 15) is 13.2 Å². The molecule has 0 atom stereocenters. The lowest BCUT2D eigenvalue weighted by atomic mass is 10.1. The molecule has 88 valence electrons. The molecule has 1 saturated heterocycles. The van der Waals surface area contributed by atoms with Gasteiger partial charge in [0.25, 0.3) is 0 Å². The van der Waals surface area contributed by atoms with Crippen molar-refractivity contribution in [1.29, 1.82) is 0 Å². The van der Waals surface area contributed by atoms with Gasteiger partial charge >= 0.3 is 6.18 Å². The zero-order chi connectivity index (χ0) is 11.8. The van der Waals surface area contributed by atoms with Crippen LogP contribution in [0.1, 0.15) is 17.4 Å². The molecule has 0 amide bonds. The Morgan fingerprint density at radius 3 is 2.31 bits per heavy atom. The smallest absolute Gasteiger partial charge is 0.346 e. The largest absolute Gasteiger partial charge is 0.416 e. The average Bonchev–Trinajstić information content (AvgIpc) is 2.69. The van der Waals surface area contributed by atoms with Crippen LogP contribution in [0.4, 0.5) is 13.2 Å². The van der Waals surface area contributed by atoms with Crippen molar-refractivity contribution in [3.63, 3.8) is 0 Å². The predicted molar refractivity (Wildman–Crippen MR) is 53.8 cm³/mol. The van der Waals surface area contributed by atoms with Gasteiger partial charge in [0.05, 0.1) is 18.8 Å². The molecular weight excluding hydrogens is 289 g/mol. The monoisotopic (exact) mass is 296 g/mol. The fraction of sp³-hybridized carbons (Fsp3) is 0.400. The summed E-state index contributed by atoms with van der Waals surface area (Å²) in [6.45, 7) is 0.913. The van der Waals surface area contributed by atoms with Gasteiger partial charge < -0.3 is 9.47 Å². The Hall–Kier alpha value is -0.590. The fourth-order valence-electron chi connectivity index (χ4n) is 1.43. The van der Waals surface area contributed by atoms with Gasteiger partial charge in [-0.2, -0.15) is 13.2 Å². The third kappa shape index (κ3) is 2.39. The van der Waals surface area contributed by atoms with Crippen LogP contribution in [0.2, 0.25) is 0 Å². The zero-order valence-corrected chi connectivity index (χ0v) is 9.64. The summed E-state index contributed by atoms with van der Waals surface area (Å²) >= 11 is 3.09. The van der Waals surface area contributed by atoms with Crippen LogP contribution < -0.4 is 0 Å². The topological polar surface area (TPSA) is 18.5 Å². The van der Waals surface area contributed by atoms with Gasteiger partial charge in [0, 0.05) is 10.0 Å². The number of alkyl halides is 3.